The Kier molecular flexibility index (Phi) is 7.07. The van der Waals surface area contributed by atoms with Gasteiger partial charge in [0, 0.05) is 49.2 Å². The van der Waals surface area contributed by atoms with Crippen molar-refractivity contribution in [2.75, 3.05) is 0 Å². The van der Waals surface area contributed by atoms with Gasteiger partial charge in [0.25, 0.3) is 0 Å². The lowest BCUT2D eigenvalue weighted by atomic mass is 9.99. The molecule has 0 aliphatic carbocycles. The van der Waals surface area contributed by atoms with Crippen molar-refractivity contribution in [1.82, 2.24) is 14.5 Å². The molecule has 0 radical (unpaired) electrons. The third-order valence-electron chi connectivity index (χ3n) is 11.6. The zero-order chi connectivity index (χ0) is 38.3. The van der Waals surface area contributed by atoms with Gasteiger partial charge in [0.2, 0.25) is 0 Å². The molecule has 0 fully saturated rings. The Morgan fingerprint density at radius 2 is 1.07 bits per heavy atom. The van der Waals surface area contributed by atoms with E-state index in [2.05, 4.69) is 169 Å². The van der Waals surface area contributed by atoms with Crippen LogP contribution < -0.4 is 0 Å². The lowest BCUT2D eigenvalue weighted by Gasteiger charge is -2.16. The van der Waals surface area contributed by atoms with Crippen LogP contribution in [0.2, 0.25) is 0 Å². The van der Waals surface area contributed by atoms with E-state index >= 15 is 0 Å². The van der Waals surface area contributed by atoms with Crippen LogP contribution in [0.15, 0.2) is 191 Å². The highest BCUT2D eigenvalue weighted by atomic mass is 16.3. The molecule has 0 spiro atoms. The minimum Gasteiger partial charge on any atom is -0.456 e. The summed E-state index contributed by atoms with van der Waals surface area (Å²) in [6.45, 7) is 2.14. The number of rotatable bonds is 5. The Bertz CT molecular complexity index is 3560. The van der Waals surface area contributed by atoms with Crippen LogP contribution in [0.5, 0.6) is 0 Å². The zero-order valence-electron chi connectivity index (χ0n) is 31.5. The zero-order valence-corrected chi connectivity index (χ0v) is 31.5. The van der Waals surface area contributed by atoms with Crippen LogP contribution in [0.4, 0.5) is 0 Å². The summed E-state index contributed by atoms with van der Waals surface area (Å²) in [6.07, 6.45) is 0. The summed E-state index contributed by atoms with van der Waals surface area (Å²) in [5.41, 5.74) is 13.7. The summed E-state index contributed by atoms with van der Waals surface area (Å²) >= 11 is 0. The minimum absolute atomic E-state index is 0.617. The quantitative estimate of drug-likeness (QED) is 0.176. The van der Waals surface area contributed by atoms with Crippen molar-refractivity contribution >= 4 is 65.7 Å². The molecular weight excluding hydrogens is 711 g/mol. The van der Waals surface area contributed by atoms with Crippen LogP contribution in [0.25, 0.3) is 116 Å². The van der Waals surface area contributed by atoms with E-state index in [4.69, 9.17) is 18.8 Å². The van der Waals surface area contributed by atoms with Crippen molar-refractivity contribution in [3.63, 3.8) is 0 Å². The molecule has 12 rings (SSSR count). The van der Waals surface area contributed by atoms with E-state index in [-0.39, 0.29) is 0 Å². The molecule has 0 aliphatic rings. The van der Waals surface area contributed by atoms with E-state index in [0.717, 1.165) is 116 Å². The van der Waals surface area contributed by atoms with Gasteiger partial charge >= 0.3 is 0 Å². The van der Waals surface area contributed by atoms with E-state index in [1.54, 1.807) is 0 Å². The molecule has 0 bridgehead atoms. The summed E-state index contributed by atoms with van der Waals surface area (Å²) in [7, 11) is 0. The van der Waals surface area contributed by atoms with Gasteiger partial charge in [-0.3, -0.25) is 4.57 Å². The Hall–Kier alpha value is -7.76. The maximum Gasteiger partial charge on any atom is 0.162 e. The lowest BCUT2D eigenvalue weighted by molar-refractivity contribution is 0.669. The molecule has 0 aliphatic heterocycles. The van der Waals surface area contributed by atoms with Crippen LogP contribution in [-0.2, 0) is 0 Å². The largest absolute Gasteiger partial charge is 0.456 e. The molecule has 8 aromatic carbocycles. The van der Waals surface area contributed by atoms with Gasteiger partial charge in [0.1, 0.15) is 28.1 Å². The summed E-state index contributed by atoms with van der Waals surface area (Å²) in [5, 5.41) is 6.55. The summed E-state index contributed by atoms with van der Waals surface area (Å²) in [5.74, 6) is 1.43. The molecule has 0 saturated heterocycles. The highest BCUT2D eigenvalue weighted by molar-refractivity contribution is 6.25. The van der Waals surface area contributed by atoms with Crippen molar-refractivity contribution in [1.29, 1.82) is 0 Å². The molecule has 12 aromatic rings. The van der Waals surface area contributed by atoms with Crippen LogP contribution >= 0.6 is 0 Å². The second kappa shape index (κ2) is 12.6. The Morgan fingerprint density at radius 1 is 0.431 bits per heavy atom. The molecule has 0 atom stereocenters. The molecule has 272 valence electrons. The van der Waals surface area contributed by atoms with Gasteiger partial charge in [-0.05, 0) is 60.0 Å². The predicted octanol–water partition coefficient (Wildman–Crippen LogP) is 14.3. The van der Waals surface area contributed by atoms with E-state index in [0.29, 0.717) is 5.82 Å². The maximum absolute atomic E-state index is 6.80. The topological polar surface area (TPSA) is 57.0 Å². The van der Waals surface area contributed by atoms with Gasteiger partial charge in [-0.15, -0.1) is 0 Å². The van der Waals surface area contributed by atoms with Crippen molar-refractivity contribution < 1.29 is 8.83 Å². The second-order valence-electron chi connectivity index (χ2n) is 14.9. The highest BCUT2D eigenvalue weighted by Crippen LogP contribution is 2.44. The molecular formula is C53H33N3O2. The highest BCUT2D eigenvalue weighted by Gasteiger charge is 2.24. The van der Waals surface area contributed by atoms with Gasteiger partial charge in [0.15, 0.2) is 5.82 Å². The first-order chi connectivity index (χ1) is 28.7. The van der Waals surface area contributed by atoms with E-state index in [1.165, 1.54) is 0 Å². The second-order valence-corrected chi connectivity index (χ2v) is 14.9. The number of fused-ring (bicyclic) bond motifs is 10. The van der Waals surface area contributed by atoms with Crippen molar-refractivity contribution in [3.8, 4) is 50.7 Å². The maximum atomic E-state index is 6.80. The minimum atomic E-state index is 0.617. The molecule has 5 nitrogen and oxygen atoms in total. The molecule has 0 saturated carbocycles. The molecule has 0 unspecified atom stereocenters. The molecule has 0 N–H and O–H groups in total. The van der Waals surface area contributed by atoms with Crippen molar-refractivity contribution in [2.45, 2.75) is 6.92 Å². The number of hydrogen-bond donors (Lipinski definition) is 0. The van der Waals surface area contributed by atoms with Crippen LogP contribution in [0, 0.1) is 6.92 Å². The van der Waals surface area contributed by atoms with Crippen molar-refractivity contribution in [2.24, 2.45) is 0 Å². The van der Waals surface area contributed by atoms with Gasteiger partial charge in [-0.2, -0.15) is 0 Å². The lowest BCUT2D eigenvalue weighted by Crippen LogP contribution is -2.06. The fourth-order valence-corrected chi connectivity index (χ4v) is 8.96. The molecule has 58 heavy (non-hydrogen) atoms. The number of para-hydroxylation sites is 2. The average Bonchev–Trinajstić information content (AvgIpc) is 3.97. The fraction of sp³-hybridized carbons (Fsp3) is 0.0189. The molecule has 0 amide bonds. The first kappa shape index (κ1) is 32.5. The SMILES string of the molecule is Cc1c(-c2ccccc2)nc(-c2ccc3c(c2)oc2cccc(-c4ccccc4)c23)nc1-n1c2ccccc2c2ccc3oc4c(-c5ccccc5)cccc4c3c21. The van der Waals surface area contributed by atoms with Crippen molar-refractivity contribution in [3.05, 3.63) is 188 Å². The smallest absolute Gasteiger partial charge is 0.162 e. The van der Waals surface area contributed by atoms with Gasteiger partial charge in [0.05, 0.1) is 22.1 Å². The first-order valence-corrected chi connectivity index (χ1v) is 19.6. The van der Waals surface area contributed by atoms with Crippen LogP contribution in [0.3, 0.4) is 0 Å². The van der Waals surface area contributed by atoms with Crippen LogP contribution in [0.1, 0.15) is 5.56 Å². The fourth-order valence-electron chi connectivity index (χ4n) is 8.96. The molecule has 4 heterocycles. The van der Waals surface area contributed by atoms with E-state index in [9.17, 15) is 0 Å². The van der Waals surface area contributed by atoms with E-state index in [1.807, 2.05) is 24.3 Å². The standard InChI is InChI=1S/C53H33N3O2/c1-32-49(35-19-9-4-10-20-35)54-52(36-27-28-41-46(31-36)57-44-26-14-22-37(47(41)44)33-15-5-2-6-16-33)55-53(32)56-43-25-12-11-21-39(43)40-29-30-45-48(50(40)56)42-24-13-23-38(51(42)58-45)34-17-7-3-8-18-34/h2-31H,1H3. The van der Waals surface area contributed by atoms with Crippen LogP contribution in [-0.4, -0.2) is 14.5 Å². The average molecular weight is 744 g/mol. The number of aromatic nitrogens is 3. The first-order valence-electron chi connectivity index (χ1n) is 19.6. The number of benzene rings is 8. The van der Waals surface area contributed by atoms with Gasteiger partial charge in [-0.1, -0.05) is 146 Å². The summed E-state index contributed by atoms with van der Waals surface area (Å²) in [4.78, 5) is 10.8. The molecule has 5 heteroatoms. The number of nitrogens with zero attached hydrogens (tertiary/aromatic N) is 3. The third kappa shape index (κ3) is 4.83. The Balaban J connectivity index is 1.15. The van der Waals surface area contributed by atoms with Gasteiger partial charge in [-0.25, -0.2) is 9.97 Å². The normalized spacial score (nSPS) is 11.9. The predicted molar refractivity (Wildman–Crippen MR) is 237 cm³/mol. The summed E-state index contributed by atoms with van der Waals surface area (Å²) < 4.78 is 15.7. The molecule has 4 aromatic heterocycles. The summed E-state index contributed by atoms with van der Waals surface area (Å²) in [6, 6.07) is 63.3. The Labute approximate surface area is 333 Å². The monoisotopic (exact) mass is 743 g/mol. The van der Waals surface area contributed by atoms with Gasteiger partial charge < -0.3 is 8.83 Å². The third-order valence-corrected chi connectivity index (χ3v) is 11.6. The Morgan fingerprint density at radius 3 is 1.86 bits per heavy atom. The van der Waals surface area contributed by atoms with E-state index < -0.39 is 0 Å². The number of hydrogen-bond acceptors (Lipinski definition) is 4. The number of furan rings is 2.